The molecule has 1 N–H and O–H groups in total. The van der Waals surface area contributed by atoms with E-state index < -0.39 is 0 Å². The summed E-state index contributed by atoms with van der Waals surface area (Å²) in [5.74, 6) is -0.331. The van der Waals surface area contributed by atoms with Crippen molar-refractivity contribution >= 4 is 5.91 Å². The number of carbonyl (C=O) groups excluding carboxylic acids is 1. The minimum Gasteiger partial charge on any atom is -0.341 e. The fourth-order valence-corrected chi connectivity index (χ4v) is 2.10. The first-order valence-corrected chi connectivity index (χ1v) is 5.88. The normalized spacial score (nSPS) is 19.3. The molecule has 1 atom stereocenters. The molecule has 0 saturated carbocycles. The minimum atomic E-state index is -0.307. The van der Waals surface area contributed by atoms with E-state index in [1.165, 1.54) is 6.07 Å². The second-order valence-electron chi connectivity index (χ2n) is 4.42. The van der Waals surface area contributed by atoms with Crippen LogP contribution in [-0.4, -0.2) is 37.0 Å². The van der Waals surface area contributed by atoms with Gasteiger partial charge < -0.3 is 10.2 Å². The molecule has 4 heteroatoms. The topological polar surface area (TPSA) is 32.3 Å². The number of benzene rings is 1. The van der Waals surface area contributed by atoms with E-state index in [-0.39, 0.29) is 24.2 Å². The highest BCUT2D eigenvalue weighted by atomic mass is 19.1. The third-order valence-electron chi connectivity index (χ3n) is 3.27. The molecule has 0 aromatic heterocycles. The standard InChI is InChI=1S/C13H17FN2O/c1-16(11-6-7-15-9-11)13(17)8-10-4-2-3-5-12(10)14/h2-5,11,15H,6-9H2,1H3. The van der Waals surface area contributed by atoms with Gasteiger partial charge in [-0.2, -0.15) is 0 Å². The first-order chi connectivity index (χ1) is 8.18. The van der Waals surface area contributed by atoms with Crippen molar-refractivity contribution in [3.05, 3.63) is 35.6 Å². The summed E-state index contributed by atoms with van der Waals surface area (Å²) < 4.78 is 13.4. The van der Waals surface area contributed by atoms with E-state index in [4.69, 9.17) is 0 Å². The molecule has 1 aliphatic heterocycles. The molecule has 0 spiro atoms. The fraction of sp³-hybridized carbons (Fsp3) is 0.462. The van der Waals surface area contributed by atoms with Crippen LogP contribution in [0.4, 0.5) is 4.39 Å². The summed E-state index contributed by atoms with van der Waals surface area (Å²) in [5, 5.41) is 3.22. The van der Waals surface area contributed by atoms with Crippen LogP contribution in [-0.2, 0) is 11.2 Å². The number of rotatable bonds is 3. The second-order valence-corrected chi connectivity index (χ2v) is 4.42. The van der Waals surface area contributed by atoms with Gasteiger partial charge in [0.05, 0.1) is 6.42 Å². The molecule has 0 bridgehead atoms. The Labute approximate surface area is 101 Å². The number of hydrogen-bond acceptors (Lipinski definition) is 2. The van der Waals surface area contributed by atoms with Crippen molar-refractivity contribution < 1.29 is 9.18 Å². The first kappa shape index (κ1) is 12.0. The monoisotopic (exact) mass is 236 g/mol. The highest BCUT2D eigenvalue weighted by Crippen LogP contribution is 2.11. The molecular weight excluding hydrogens is 219 g/mol. The summed E-state index contributed by atoms with van der Waals surface area (Å²) >= 11 is 0. The van der Waals surface area contributed by atoms with Crippen LogP contribution in [0.1, 0.15) is 12.0 Å². The molecule has 1 aromatic rings. The predicted molar refractivity (Wildman–Crippen MR) is 64.1 cm³/mol. The Hall–Kier alpha value is -1.42. The van der Waals surface area contributed by atoms with Crippen molar-refractivity contribution in [2.24, 2.45) is 0 Å². The number of carbonyl (C=O) groups is 1. The smallest absolute Gasteiger partial charge is 0.227 e. The maximum absolute atomic E-state index is 13.4. The zero-order valence-electron chi connectivity index (χ0n) is 9.95. The van der Waals surface area contributed by atoms with E-state index in [2.05, 4.69) is 5.32 Å². The van der Waals surface area contributed by atoms with Crippen LogP contribution in [0, 0.1) is 5.82 Å². The Bertz CT molecular complexity index is 402. The molecule has 17 heavy (non-hydrogen) atoms. The van der Waals surface area contributed by atoms with Gasteiger partial charge in [0.15, 0.2) is 0 Å². The summed E-state index contributed by atoms with van der Waals surface area (Å²) in [6.45, 7) is 1.78. The maximum Gasteiger partial charge on any atom is 0.227 e. The maximum atomic E-state index is 13.4. The number of nitrogens with one attached hydrogen (secondary N) is 1. The number of hydrogen-bond donors (Lipinski definition) is 1. The number of halogens is 1. The van der Waals surface area contributed by atoms with Gasteiger partial charge >= 0.3 is 0 Å². The van der Waals surface area contributed by atoms with Gasteiger partial charge in [-0.05, 0) is 24.6 Å². The van der Waals surface area contributed by atoms with Crippen molar-refractivity contribution in [3.8, 4) is 0 Å². The van der Waals surface area contributed by atoms with Crippen LogP contribution in [0.2, 0.25) is 0 Å². The van der Waals surface area contributed by atoms with Crippen molar-refractivity contribution in [2.75, 3.05) is 20.1 Å². The van der Waals surface area contributed by atoms with Gasteiger partial charge in [0.2, 0.25) is 5.91 Å². The van der Waals surface area contributed by atoms with E-state index in [1.807, 2.05) is 0 Å². The average Bonchev–Trinajstić information content (AvgIpc) is 2.84. The fourth-order valence-electron chi connectivity index (χ4n) is 2.10. The number of nitrogens with zero attached hydrogens (tertiary/aromatic N) is 1. The Morgan fingerprint density at radius 3 is 2.94 bits per heavy atom. The lowest BCUT2D eigenvalue weighted by Gasteiger charge is -2.23. The van der Waals surface area contributed by atoms with Crippen LogP contribution in [0.15, 0.2) is 24.3 Å². The molecule has 92 valence electrons. The Morgan fingerprint density at radius 1 is 1.53 bits per heavy atom. The molecule has 2 rings (SSSR count). The van der Waals surface area contributed by atoms with Crippen LogP contribution >= 0.6 is 0 Å². The summed E-state index contributed by atoms with van der Waals surface area (Å²) in [5.41, 5.74) is 0.468. The number of likely N-dealkylation sites (N-methyl/N-ethyl adjacent to an activating group) is 1. The zero-order valence-corrected chi connectivity index (χ0v) is 9.95. The van der Waals surface area contributed by atoms with Gasteiger partial charge in [-0.25, -0.2) is 4.39 Å². The third kappa shape index (κ3) is 2.82. The SMILES string of the molecule is CN(C(=O)Cc1ccccc1F)C1CCNC1. The molecule has 1 fully saturated rings. The van der Waals surface area contributed by atoms with E-state index in [9.17, 15) is 9.18 Å². The van der Waals surface area contributed by atoms with Crippen LogP contribution in [0.3, 0.4) is 0 Å². The van der Waals surface area contributed by atoms with Gasteiger partial charge in [-0.3, -0.25) is 4.79 Å². The van der Waals surface area contributed by atoms with Crippen LogP contribution in [0.25, 0.3) is 0 Å². The van der Waals surface area contributed by atoms with Crippen LogP contribution < -0.4 is 5.32 Å². The van der Waals surface area contributed by atoms with E-state index in [0.29, 0.717) is 5.56 Å². The van der Waals surface area contributed by atoms with E-state index in [0.717, 1.165) is 19.5 Å². The quantitative estimate of drug-likeness (QED) is 0.855. The van der Waals surface area contributed by atoms with Crippen molar-refractivity contribution in [2.45, 2.75) is 18.9 Å². The van der Waals surface area contributed by atoms with Gasteiger partial charge in [0.25, 0.3) is 0 Å². The minimum absolute atomic E-state index is 0.0243. The summed E-state index contributed by atoms with van der Waals surface area (Å²) in [6, 6.07) is 6.68. The molecule has 1 unspecified atom stereocenters. The average molecular weight is 236 g/mol. The van der Waals surface area contributed by atoms with Gasteiger partial charge in [-0.1, -0.05) is 18.2 Å². The third-order valence-corrected chi connectivity index (χ3v) is 3.27. The lowest BCUT2D eigenvalue weighted by molar-refractivity contribution is -0.130. The molecule has 3 nitrogen and oxygen atoms in total. The highest BCUT2D eigenvalue weighted by Gasteiger charge is 2.23. The highest BCUT2D eigenvalue weighted by molar-refractivity contribution is 5.78. The molecule has 1 amide bonds. The number of amides is 1. The predicted octanol–water partition coefficient (Wildman–Crippen LogP) is 1.19. The van der Waals surface area contributed by atoms with E-state index >= 15 is 0 Å². The Morgan fingerprint density at radius 2 is 2.29 bits per heavy atom. The Kier molecular flexibility index (Phi) is 3.74. The first-order valence-electron chi connectivity index (χ1n) is 5.88. The lowest BCUT2D eigenvalue weighted by Crippen LogP contribution is -2.39. The molecule has 1 saturated heterocycles. The van der Waals surface area contributed by atoms with Crippen molar-refractivity contribution in [1.82, 2.24) is 10.2 Å². The van der Waals surface area contributed by atoms with Gasteiger partial charge in [0, 0.05) is 19.6 Å². The Balaban J connectivity index is 1.99. The zero-order chi connectivity index (χ0) is 12.3. The molecular formula is C13H17FN2O. The molecule has 0 aliphatic carbocycles. The van der Waals surface area contributed by atoms with E-state index in [1.54, 1.807) is 30.1 Å². The lowest BCUT2D eigenvalue weighted by atomic mass is 10.1. The van der Waals surface area contributed by atoms with Crippen LogP contribution in [0.5, 0.6) is 0 Å². The summed E-state index contributed by atoms with van der Waals surface area (Å²) in [6.07, 6.45) is 1.11. The molecule has 1 aliphatic rings. The summed E-state index contributed by atoms with van der Waals surface area (Å²) in [4.78, 5) is 13.7. The molecule has 1 heterocycles. The van der Waals surface area contributed by atoms with Crippen molar-refractivity contribution in [1.29, 1.82) is 0 Å². The van der Waals surface area contributed by atoms with Gasteiger partial charge in [0.1, 0.15) is 5.82 Å². The van der Waals surface area contributed by atoms with Gasteiger partial charge in [-0.15, -0.1) is 0 Å². The summed E-state index contributed by atoms with van der Waals surface area (Å²) in [7, 11) is 1.79. The van der Waals surface area contributed by atoms with Crippen molar-refractivity contribution in [3.63, 3.8) is 0 Å². The second kappa shape index (κ2) is 5.27. The largest absolute Gasteiger partial charge is 0.341 e. The molecule has 0 radical (unpaired) electrons. The molecule has 1 aromatic carbocycles.